The third-order valence-corrected chi connectivity index (χ3v) is 5.93. The minimum Gasteiger partial charge on any atom is -0.486 e. The van der Waals surface area contributed by atoms with Crippen molar-refractivity contribution >= 4 is 5.91 Å². The first-order valence-electron chi connectivity index (χ1n) is 9.40. The molecule has 2 heterocycles. The van der Waals surface area contributed by atoms with E-state index in [-0.39, 0.29) is 17.4 Å². The minimum absolute atomic E-state index is 0.0557. The van der Waals surface area contributed by atoms with Gasteiger partial charge in [-0.05, 0) is 56.9 Å². The smallest absolute Gasteiger partial charge is 0.247 e. The van der Waals surface area contributed by atoms with Gasteiger partial charge >= 0.3 is 0 Å². The fourth-order valence-corrected chi connectivity index (χ4v) is 4.70. The minimum atomic E-state index is 0.0557. The van der Waals surface area contributed by atoms with Gasteiger partial charge in [-0.25, -0.2) is 0 Å². The monoisotopic (exact) mass is 341 g/mol. The maximum Gasteiger partial charge on any atom is 0.247 e. The topological polar surface area (TPSA) is 38.8 Å². The Morgan fingerprint density at radius 2 is 1.80 bits per heavy atom. The third-order valence-electron chi connectivity index (χ3n) is 5.93. The van der Waals surface area contributed by atoms with Gasteiger partial charge in [0.05, 0.1) is 6.04 Å². The second-order valence-electron chi connectivity index (χ2n) is 7.93. The van der Waals surface area contributed by atoms with E-state index in [2.05, 4.69) is 24.0 Å². The van der Waals surface area contributed by atoms with Crippen LogP contribution in [0.4, 0.5) is 0 Å². The zero-order valence-electron chi connectivity index (χ0n) is 15.4. The number of amides is 1. The maximum absolute atomic E-state index is 12.9. The highest BCUT2D eigenvalue weighted by Crippen LogP contribution is 2.51. The van der Waals surface area contributed by atoms with Crippen LogP contribution in [0.1, 0.15) is 63.6 Å². The molecule has 134 valence electrons. The van der Waals surface area contributed by atoms with Crippen molar-refractivity contribution in [2.75, 3.05) is 19.8 Å². The predicted octanol–water partition coefficient (Wildman–Crippen LogP) is 4.14. The largest absolute Gasteiger partial charge is 0.486 e. The van der Waals surface area contributed by atoms with Crippen molar-refractivity contribution in [2.45, 2.75) is 57.9 Å². The molecule has 0 bridgehead atoms. The molecule has 3 aliphatic rings. The lowest BCUT2D eigenvalue weighted by Gasteiger charge is -2.46. The molecule has 0 radical (unpaired) electrons. The third kappa shape index (κ3) is 2.72. The van der Waals surface area contributed by atoms with E-state index < -0.39 is 0 Å². The van der Waals surface area contributed by atoms with Crippen LogP contribution in [0.2, 0.25) is 0 Å². The summed E-state index contributed by atoms with van der Waals surface area (Å²) in [5, 5.41) is 0. The molecule has 4 rings (SSSR count). The van der Waals surface area contributed by atoms with Crippen molar-refractivity contribution in [2.24, 2.45) is 0 Å². The summed E-state index contributed by atoms with van der Waals surface area (Å²) in [7, 11) is 0. The molecule has 1 saturated carbocycles. The predicted molar refractivity (Wildman–Crippen MR) is 97.1 cm³/mol. The van der Waals surface area contributed by atoms with E-state index in [4.69, 9.17) is 9.47 Å². The van der Waals surface area contributed by atoms with Gasteiger partial charge in [0.15, 0.2) is 11.5 Å². The fraction of sp³-hybridized carbons (Fsp3) is 0.571. The van der Waals surface area contributed by atoms with Gasteiger partial charge in [0.1, 0.15) is 13.2 Å². The zero-order chi connectivity index (χ0) is 17.6. The molecule has 0 aromatic heterocycles. The van der Waals surface area contributed by atoms with Gasteiger partial charge in [0, 0.05) is 18.0 Å². The van der Waals surface area contributed by atoms with E-state index in [9.17, 15) is 4.79 Å². The molecular weight excluding hydrogens is 314 g/mol. The van der Waals surface area contributed by atoms with Gasteiger partial charge in [-0.2, -0.15) is 0 Å². The normalized spacial score (nSPS) is 23.3. The van der Waals surface area contributed by atoms with Gasteiger partial charge in [-0.3, -0.25) is 4.79 Å². The van der Waals surface area contributed by atoms with Gasteiger partial charge in [-0.15, -0.1) is 0 Å². The highest BCUT2D eigenvalue weighted by molar-refractivity contribution is 5.89. The highest BCUT2D eigenvalue weighted by Gasteiger charge is 2.46. The lowest BCUT2D eigenvalue weighted by Crippen LogP contribution is -2.48. The molecular formula is C21H27NO3. The van der Waals surface area contributed by atoms with Crippen LogP contribution < -0.4 is 9.47 Å². The molecule has 0 N–H and O–H groups in total. The Morgan fingerprint density at radius 1 is 1.16 bits per heavy atom. The number of allylic oxidation sites excluding steroid dienone is 1. The average Bonchev–Trinajstić information content (AvgIpc) is 3.06. The van der Waals surface area contributed by atoms with E-state index in [1.54, 1.807) is 6.08 Å². The fourth-order valence-electron chi connectivity index (χ4n) is 4.70. The Kier molecular flexibility index (Phi) is 4.01. The summed E-state index contributed by atoms with van der Waals surface area (Å²) in [5.74, 6) is 1.81. The molecule has 1 unspecified atom stereocenters. The van der Waals surface area contributed by atoms with Gasteiger partial charge < -0.3 is 14.4 Å². The lowest BCUT2D eigenvalue weighted by molar-refractivity contribution is -0.129. The Morgan fingerprint density at radius 3 is 2.44 bits per heavy atom. The molecule has 1 fully saturated rings. The number of rotatable bonds is 1. The number of hydrogen-bond acceptors (Lipinski definition) is 3. The Balaban J connectivity index is 1.82. The lowest BCUT2D eigenvalue weighted by atomic mass is 9.71. The van der Waals surface area contributed by atoms with Crippen LogP contribution in [0.25, 0.3) is 0 Å². The van der Waals surface area contributed by atoms with Crippen molar-refractivity contribution < 1.29 is 14.3 Å². The van der Waals surface area contributed by atoms with E-state index in [0.717, 1.165) is 36.5 Å². The summed E-state index contributed by atoms with van der Waals surface area (Å²) in [5.41, 5.74) is 3.73. The molecule has 4 heteroatoms. The van der Waals surface area contributed by atoms with Crippen molar-refractivity contribution in [3.05, 3.63) is 34.9 Å². The summed E-state index contributed by atoms with van der Waals surface area (Å²) in [6.45, 7) is 8.10. The Bertz CT molecular complexity index is 727. The maximum atomic E-state index is 12.9. The number of carbonyl (C=O) groups excluding carboxylic acids is 1. The summed E-state index contributed by atoms with van der Waals surface area (Å²) < 4.78 is 11.6. The SMILES string of the molecule is CC(C)=CC(=O)N1CC2(CCCC2)c2cc3c(cc2C1C)OCCO3. The number of fused-ring (bicyclic) bond motifs is 3. The van der Waals surface area contributed by atoms with Crippen molar-refractivity contribution in [3.63, 3.8) is 0 Å². The van der Waals surface area contributed by atoms with Gasteiger partial charge in [0.2, 0.25) is 5.91 Å². The van der Waals surface area contributed by atoms with E-state index >= 15 is 0 Å². The summed E-state index contributed by atoms with van der Waals surface area (Å²) in [6, 6.07) is 4.38. The van der Waals surface area contributed by atoms with Crippen LogP contribution in [-0.2, 0) is 10.2 Å². The van der Waals surface area contributed by atoms with Crippen molar-refractivity contribution in [1.29, 1.82) is 0 Å². The number of hydrogen-bond donors (Lipinski definition) is 0. The molecule has 1 aliphatic carbocycles. The number of ether oxygens (including phenoxy) is 2. The second kappa shape index (κ2) is 6.08. The standard InChI is InChI=1S/C21H27NO3/c1-14(2)10-20(23)22-13-21(6-4-5-7-21)17-12-19-18(24-8-9-25-19)11-16(17)15(22)3/h10-12,15H,4-9,13H2,1-3H3. The van der Waals surface area contributed by atoms with Crippen LogP contribution in [0, 0.1) is 0 Å². The zero-order valence-corrected chi connectivity index (χ0v) is 15.4. The van der Waals surface area contributed by atoms with Crippen LogP contribution in [0.15, 0.2) is 23.8 Å². The molecule has 0 saturated heterocycles. The van der Waals surface area contributed by atoms with Gasteiger partial charge in [0.25, 0.3) is 0 Å². The molecule has 25 heavy (non-hydrogen) atoms. The summed E-state index contributed by atoms with van der Waals surface area (Å²) >= 11 is 0. The first-order valence-corrected chi connectivity index (χ1v) is 9.40. The molecule has 4 nitrogen and oxygen atoms in total. The Labute approximate surface area is 149 Å². The van der Waals surface area contributed by atoms with Crippen LogP contribution in [0.5, 0.6) is 11.5 Å². The second-order valence-corrected chi connectivity index (χ2v) is 7.93. The quantitative estimate of drug-likeness (QED) is 0.721. The number of nitrogens with zero attached hydrogens (tertiary/aromatic N) is 1. The highest BCUT2D eigenvalue weighted by atomic mass is 16.6. The van der Waals surface area contributed by atoms with Crippen LogP contribution in [0.3, 0.4) is 0 Å². The van der Waals surface area contributed by atoms with Gasteiger partial charge in [-0.1, -0.05) is 18.4 Å². The van der Waals surface area contributed by atoms with E-state index in [0.29, 0.717) is 13.2 Å². The van der Waals surface area contributed by atoms with Crippen molar-refractivity contribution in [1.82, 2.24) is 4.90 Å². The van der Waals surface area contributed by atoms with Crippen LogP contribution in [-0.4, -0.2) is 30.6 Å². The average molecular weight is 341 g/mol. The molecule has 1 aromatic rings. The molecule has 1 amide bonds. The molecule has 1 atom stereocenters. The summed E-state index contributed by atoms with van der Waals surface area (Å²) in [4.78, 5) is 14.9. The summed E-state index contributed by atoms with van der Waals surface area (Å²) in [6.07, 6.45) is 6.51. The van der Waals surface area contributed by atoms with Crippen LogP contribution >= 0.6 is 0 Å². The first-order chi connectivity index (χ1) is 12.0. The number of benzene rings is 1. The van der Waals surface area contributed by atoms with Crippen molar-refractivity contribution in [3.8, 4) is 11.5 Å². The Hall–Kier alpha value is -1.97. The molecule has 1 spiro atoms. The molecule has 1 aromatic carbocycles. The first kappa shape index (κ1) is 16.5. The number of carbonyl (C=O) groups is 1. The van der Waals surface area contributed by atoms with E-state index in [1.807, 2.05) is 13.8 Å². The molecule has 2 aliphatic heterocycles. The van der Waals surface area contributed by atoms with E-state index in [1.165, 1.54) is 24.0 Å².